The number of hydrogen-bond donors (Lipinski definition) is 0. The quantitative estimate of drug-likeness (QED) is 0.838. The molecular weight excluding hydrogens is 322 g/mol. The Morgan fingerprint density at radius 3 is 2.70 bits per heavy atom. The third-order valence-corrected chi connectivity index (χ3v) is 4.42. The summed E-state index contributed by atoms with van der Waals surface area (Å²) in [7, 11) is 1.62. The normalized spacial score (nSPS) is 15.1. The Bertz CT molecular complexity index is 671. The first-order valence-corrected chi connectivity index (χ1v) is 7.47. The van der Waals surface area contributed by atoms with E-state index in [0.29, 0.717) is 11.3 Å². The molecule has 1 saturated heterocycles. The minimum absolute atomic E-state index is 0.00807. The number of aryl methyl sites for hydroxylation is 1. The number of halogens is 1. The fourth-order valence-electron chi connectivity index (χ4n) is 2.65. The largest absolute Gasteiger partial charge is 0.496 e. The van der Waals surface area contributed by atoms with Crippen molar-refractivity contribution in [1.29, 1.82) is 0 Å². The highest BCUT2D eigenvalue weighted by Gasteiger charge is 2.25. The van der Waals surface area contributed by atoms with Crippen LogP contribution in [0.4, 0.5) is 0 Å². The van der Waals surface area contributed by atoms with E-state index in [1.807, 2.05) is 24.0 Å². The number of benzene rings is 1. The van der Waals surface area contributed by atoms with E-state index >= 15 is 0 Å². The molecule has 1 aliphatic heterocycles. The van der Waals surface area contributed by atoms with E-state index in [4.69, 9.17) is 9.15 Å². The lowest BCUT2D eigenvalue weighted by atomic mass is 10.1. The standard InChI is InChI=1S/C15H16BrNO3/c1-9-10-7-13(19-2)11(16)8-12(10)20-14(9)15(18)17-5-3-4-6-17/h7-8H,3-6H2,1-2H3. The van der Waals surface area contributed by atoms with Crippen LogP contribution in [0.25, 0.3) is 11.0 Å². The molecule has 0 aliphatic carbocycles. The summed E-state index contributed by atoms with van der Waals surface area (Å²) < 4.78 is 11.9. The Kier molecular flexibility index (Phi) is 3.46. The number of nitrogens with zero attached hydrogens (tertiary/aromatic N) is 1. The molecule has 106 valence electrons. The highest BCUT2D eigenvalue weighted by molar-refractivity contribution is 9.10. The number of carbonyl (C=O) groups is 1. The monoisotopic (exact) mass is 337 g/mol. The lowest BCUT2D eigenvalue weighted by Gasteiger charge is -2.13. The van der Waals surface area contributed by atoms with E-state index in [1.54, 1.807) is 7.11 Å². The molecule has 0 spiro atoms. The van der Waals surface area contributed by atoms with Gasteiger partial charge in [-0.2, -0.15) is 0 Å². The second-order valence-electron chi connectivity index (χ2n) is 5.04. The Morgan fingerprint density at radius 1 is 1.35 bits per heavy atom. The fourth-order valence-corrected chi connectivity index (χ4v) is 3.13. The maximum atomic E-state index is 12.5. The van der Waals surface area contributed by atoms with Gasteiger partial charge in [-0.1, -0.05) is 0 Å². The maximum Gasteiger partial charge on any atom is 0.289 e. The van der Waals surface area contributed by atoms with Gasteiger partial charge in [-0.3, -0.25) is 4.79 Å². The summed E-state index contributed by atoms with van der Waals surface area (Å²) in [5.74, 6) is 1.18. The average molecular weight is 338 g/mol. The van der Waals surface area contributed by atoms with E-state index in [0.717, 1.165) is 47.1 Å². The highest BCUT2D eigenvalue weighted by Crippen LogP contribution is 2.35. The SMILES string of the molecule is COc1cc2c(C)c(C(=O)N3CCCC3)oc2cc1Br. The summed E-state index contributed by atoms with van der Waals surface area (Å²) in [6.07, 6.45) is 2.15. The molecule has 20 heavy (non-hydrogen) atoms. The van der Waals surface area contributed by atoms with E-state index in [9.17, 15) is 4.79 Å². The van der Waals surface area contributed by atoms with Gasteiger partial charge in [0.1, 0.15) is 11.3 Å². The van der Waals surface area contributed by atoms with Crippen LogP contribution in [0.3, 0.4) is 0 Å². The lowest BCUT2D eigenvalue weighted by molar-refractivity contribution is 0.0762. The molecule has 1 aromatic carbocycles. The molecule has 0 unspecified atom stereocenters. The third kappa shape index (κ3) is 2.10. The zero-order chi connectivity index (χ0) is 14.3. The summed E-state index contributed by atoms with van der Waals surface area (Å²) >= 11 is 3.43. The first kappa shape index (κ1) is 13.5. The van der Waals surface area contributed by atoms with Crippen LogP contribution in [0.5, 0.6) is 5.75 Å². The Balaban J connectivity index is 2.08. The molecule has 4 nitrogen and oxygen atoms in total. The number of rotatable bonds is 2. The van der Waals surface area contributed by atoms with Gasteiger partial charge in [0.2, 0.25) is 0 Å². The van der Waals surface area contributed by atoms with E-state index < -0.39 is 0 Å². The topological polar surface area (TPSA) is 42.7 Å². The van der Waals surface area contributed by atoms with Gasteiger partial charge in [0.25, 0.3) is 5.91 Å². The van der Waals surface area contributed by atoms with Crippen molar-refractivity contribution in [3.8, 4) is 5.75 Å². The van der Waals surface area contributed by atoms with Crippen molar-refractivity contribution in [3.05, 3.63) is 27.9 Å². The molecule has 1 amide bonds. The number of furan rings is 1. The summed E-state index contributed by atoms with van der Waals surface area (Å²) in [6.45, 7) is 3.56. The Hall–Kier alpha value is -1.49. The van der Waals surface area contributed by atoms with Gasteiger partial charge >= 0.3 is 0 Å². The summed E-state index contributed by atoms with van der Waals surface area (Å²) in [5.41, 5.74) is 1.58. The molecule has 1 fully saturated rings. The number of fused-ring (bicyclic) bond motifs is 1. The van der Waals surface area contributed by atoms with Gasteiger partial charge in [-0.05, 0) is 47.8 Å². The molecule has 5 heteroatoms. The zero-order valence-corrected chi connectivity index (χ0v) is 13.1. The van der Waals surface area contributed by atoms with Crippen molar-refractivity contribution < 1.29 is 13.9 Å². The molecule has 2 heterocycles. The van der Waals surface area contributed by atoms with Gasteiger partial charge in [0.15, 0.2) is 5.76 Å². The van der Waals surface area contributed by atoms with Crippen molar-refractivity contribution in [2.75, 3.05) is 20.2 Å². The second kappa shape index (κ2) is 5.13. The molecule has 0 radical (unpaired) electrons. The molecule has 1 aliphatic rings. The van der Waals surface area contributed by atoms with Gasteiger partial charge in [0, 0.05) is 24.0 Å². The third-order valence-electron chi connectivity index (χ3n) is 3.80. The molecule has 0 atom stereocenters. The number of amides is 1. The van der Waals surface area contributed by atoms with Crippen molar-refractivity contribution in [1.82, 2.24) is 4.90 Å². The number of hydrogen-bond acceptors (Lipinski definition) is 3. The molecule has 1 aromatic heterocycles. The van der Waals surface area contributed by atoms with Crippen LogP contribution in [0.2, 0.25) is 0 Å². The van der Waals surface area contributed by atoms with Crippen LogP contribution >= 0.6 is 15.9 Å². The average Bonchev–Trinajstić information content (AvgIpc) is 3.06. The Morgan fingerprint density at radius 2 is 2.05 bits per heavy atom. The van der Waals surface area contributed by atoms with Gasteiger partial charge < -0.3 is 14.1 Å². The number of ether oxygens (including phenoxy) is 1. The zero-order valence-electron chi connectivity index (χ0n) is 11.5. The minimum atomic E-state index is -0.00807. The van der Waals surface area contributed by atoms with Crippen molar-refractivity contribution in [2.45, 2.75) is 19.8 Å². The molecule has 2 aromatic rings. The van der Waals surface area contributed by atoms with Crippen LogP contribution in [-0.4, -0.2) is 31.0 Å². The number of methoxy groups -OCH3 is 1. The van der Waals surface area contributed by atoms with Crippen molar-refractivity contribution >= 4 is 32.8 Å². The molecule has 0 N–H and O–H groups in total. The molecule has 3 rings (SSSR count). The van der Waals surface area contributed by atoms with Crippen molar-refractivity contribution in [2.24, 2.45) is 0 Å². The number of likely N-dealkylation sites (tertiary alicyclic amines) is 1. The first-order valence-electron chi connectivity index (χ1n) is 6.67. The maximum absolute atomic E-state index is 12.5. The van der Waals surface area contributed by atoms with E-state index in [-0.39, 0.29) is 5.91 Å². The lowest BCUT2D eigenvalue weighted by Crippen LogP contribution is -2.27. The van der Waals surface area contributed by atoms with Crippen LogP contribution in [0.1, 0.15) is 29.0 Å². The van der Waals surface area contributed by atoms with Crippen LogP contribution in [-0.2, 0) is 0 Å². The summed E-state index contributed by atoms with van der Waals surface area (Å²) in [6, 6.07) is 3.75. The van der Waals surface area contributed by atoms with E-state index in [2.05, 4.69) is 15.9 Å². The fraction of sp³-hybridized carbons (Fsp3) is 0.400. The highest BCUT2D eigenvalue weighted by atomic mass is 79.9. The number of carbonyl (C=O) groups excluding carboxylic acids is 1. The summed E-state index contributed by atoms with van der Waals surface area (Å²) in [4.78, 5) is 14.3. The van der Waals surface area contributed by atoms with Crippen LogP contribution in [0, 0.1) is 6.92 Å². The first-order chi connectivity index (χ1) is 9.61. The van der Waals surface area contributed by atoms with Gasteiger partial charge in [-0.25, -0.2) is 0 Å². The van der Waals surface area contributed by atoms with Crippen molar-refractivity contribution in [3.63, 3.8) is 0 Å². The molecule has 0 bridgehead atoms. The predicted octanol–water partition coefficient (Wildman–Crippen LogP) is 3.75. The van der Waals surface area contributed by atoms with Crippen LogP contribution < -0.4 is 4.74 Å². The predicted molar refractivity (Wildman–Crippen MR) is 80.3 cm³/mol. The van der Waals surface area contributed by atoms with Gasteiger partial charge in [0.05, 0.1) is 11.6 Å². The Labute approximate surface area is 125 Å². The molecular formula is C15H16BrNO3. The summed E-state index contributed by atoms with van der Waals surface area (Å²) in [5, 5.41) is 0.924. The van der Waals surface area contributed by atoms with Gasteiger partial charge in [-0.15, -0.1) is 0 Å². The molecule has 0 saturated carbocycles. The van der Waals surface area contributed by atoms with E-state index in [1.165, 1.54) is 0 Å². The second-order valence-corrected chi connectivity index (χ2v) is 5.89. The van der Waals surface area contributed by atoms with Crippen LogP contribution in [0.15, 0.2) is 21.0 Å². The smallest absolute Gasteiger partial charge is 0.289 e. The minimum Gasteiger partial charge on any atom is -0.496 e.